The van der Waals surface area contributed by atoms with Crippen molar-refractivity contribution in [3.63, 3.8) is 0 Å². The lowest BCUT2D eigenvalue weighted by atomic mass is 10.2. The van der Waals surface area contributed by atoms with E-state index >= 15 is 0 Å². The summed E-state index contributed by atoms with van der Waals surface area (Å²) in [7, 11) is 2.16. The minimum atomic E-state index is -0.427. The van der Waals surface area contributed by atoms with Crippen LogP contribution in [0.1, 0.15) is 0 Å². The Bertz CT molecular complexity index is 431. The molecule has 1 N–H and O–H groups in total. The van der Waals surface area contributed by atoms with Crippen LogP contribution in [0.2, 0.25) is 5.02 Å². The van der Waals surface area contributed by atoms with Gasteiger partial charge in [-0.1, -0.05) is 11.6 Å². The molecular formula is C11H15ClN3O2+. The van der Waals surface area contributed by atoms with E-state index in [1.165, 1.54) is 17.0 Å². The van der Waals surface area contributed by atoms with Gasteiger partial charge in [-0.2, -0.15) is 0 Å². The molecule has 0 spiro atoms. The SMILES string of the molecule is C[NH+]1CCN(c2ccc([N+](=O)[O-])cc2Cl)CC1. The zero-order valence-corrected chi connectivity index (χ0v) is 10.4. The number of hydrogen-bond donors (Lipinski definition) is 1. The van der Waals surface area contributed by atoms with Crippen LogP contribution in [0.4, 0.5) is 11.4 Å². The van der Waals surface area contributed by atoms with Crippen molar-refractivity contribution in [3.8, 4) is 0 Å². The highest BCUT2D eigenvalue weighted by Crippen LogP contribution is 2.29. The molecule has 5 nitrogen and oxygen atoms in total. The first-order valence-electron chi connectivity index (χ1n) is 5.58. The van der Waals surface area contributed by atoms with Crippen molar-refractivity contribution >= 4 is 23.0 Å². The van der Waals surface area contributed by atoms with Crippen LogP contribution in [0.15, 0.2) is 18.2 Å². The van der Waals surface area contributed by atoms with Crippen LogP contribution in [-0.4, -0.2) is 38.2 Å². The van der Waals surface area contributed by atoms with Crippen LogP contribution in [-0.2, 0) is 0 Å². The first kappa shape index (κ1) is 12.1. The standard InChI is InChI=1S/C11H14ClN3O2/c1-13-4-6-14(7-5-13)11-3-2-9(15(16)17)8-10(11)12/h2-3,8H,4-7H2,1H3/p+1. The van der Waals surface area contributed by atoms with E-state index in [1.54, 1.807) is 6.07 Å². The Morgan fingerprint density at radius 2 is 2.06 bits per heavy atom. The molecule has 1 heterocycles. The Kier molecular flexibility index (Phi) is 3.49. The highest BCUT2D eigenvalue weighted by molar-refractivity contribution is 6.33. The van der Waals surface area contributed by atoms with Gasteiger partial charge in [-0.3, -0.25) is 10.1 Å². The first-order chi connectivity index (χ1) is 8.08. The maximum atomic E-state index is 10.6. The summed E-state index contributed by atoms with van der Waals surface area (Å²) < 4.78 is 0. The Labute approximate surface area is 105 Å². The summed E-state index contributed by atoms with van der Waals surface area (Å²) in [6, 6.07) is 4.66. The van der Waals surface area contributed by atoms with Crippen LogP contribution in [0, 0.1) is 10.1 Å². The summed E-state index contributed by atoms with van der Waals surface area (Å²) >= 11 is 6.09. The third kappa shape index (κ3) is 2.68. The number of likely N-dealkylation sites (N-methyl/N-ethyl adjacent to an activating group) is 1. The molecule has 0 saturated carbocycles. The van der Waals surface area contributed by atoms with Crippen LogP contribution in [0.25, 0.3) is 0 Å². The highest BCUT2D eigenvalue weighted by atomic mass is 35.5. The second-order valence-corrected chi connectivity index (χ2v) is 4.74. The van der Waals surface area contributed by atoms with Crippen LogP contribution in [0.3, 0.4) is 0 Å². The number of nitrogens with zero attached hydrogens (tertiary/aromatic N) is 2. The van der Waals surface area contributed by atoms with Gasteiger partial charge < -0.3 is 9.80 Å². The Morgan fingerprint density at radius 3 is 2.59 bits per heavy atom. The predicted octanol–water partition coefficient (Wildman–Crippen LogP) is 0.583. The second-order valence-electron chi connectivity index (χ2n) is 4.34. The number of hydrogen-bond acceptors (Lipinski definition) is 3. The van der Waals surface area contributed by atoms with Gasteiger partial charge in [-0.15, -0.1) is 0 Å². The van der Waals surface area contributed by atoms with Crippen molar-refractivity contribution in [2.75, 3.05) is 38.1 Å². The topological polar surface area (TPSA) is 50.8 Å². The molecule has 6 heteroatoms. The van der Waals surface area contributed by atoms with E-state index in [-0.39, 0.29) is 5.69 Å². The molecule has 0 bridgehead atoms. The van der Waals surface area contributed by atoms with Gasteiger partial charge in [0.15, 0.2) is 0 Å². The van der Waals surface area contributed by atoms with Crippen molar-refractivity contribution in [2.24, 2.45) is 0 Å². The number of non-ortho nitro benzene ring substituents is 1. The summed E-state index contributed by atoms with van der Waals surface area (Å²) in [5.74, 6) is 0. The van der Waals surface area contributed by atoms with E-state index < -0.39 is 4.92 Å². The van der Waals surface area contributed by atoms with Gasteiger partial charge in [-0.25, -0.2) is 0 Å². The minimum absolute atomic E-state index is 0.0403. The van der Waals surface area contributed by atoms with Gasteiger partial charge in [0.05, 0.1) is 48.9 Å². The van der Waals surface area contributed by atoms with Gasteiger partial charge in [0, 0.05) is 12.1 Å². The molecule has 0 amide bonds. The Morgan fingerprint density at radius 1 is 1.41 bits per heavy atom. The van der Waals surface area contributed by atoms with Crippen molar-refractivity contribution in [1.82, 2.24) is 0 Å². The average Bonchev–Trinajstić information content (AvgIpc) is 2.30. The van der Waals surface area contributed by atoms with Crippen molar-refractivity contribution in [2.45, 2.75) is 0 Å². The number of anilines is 1. The lowest BCUT2D eigenvalue weighted by molar-refractivity contribution is -0.880. The van der Waals surface area contributed by atoms with E-state index in [4.69, 9.17) is 11.6 Å². The van der Waals surface area contributed by atoms with E-state index in [0.29, 0.717) is 5.02 Å². The zero-order chi connectivity index (χ0) is 12.4. The average molecular weight is 257 g/mol. The molecule has 0 radical (unpaired) electrons. The number of benzene rings is 1. The monoisotopic (exact) mass is 256 g/mol. The largest absolute Gasteiger partial charge is 0.359 e. The van der Waals surface area contributed by atoms with E-state index in [0.717, 1.165) is 31.9 Å². The molecule has 1 saturated heterocycles. The van der Waals surface area contributed by atoms with Crippen LogP contribution in [0.5, 0.6) is 0 Å². The predicted molar refractivity (Wildman–Crippen MR) is 66.9 cm³/mol. The number of piperazine rings is 1. The maximum Gasteiger partial charge on any atom is 0.271 e. The Hall–Kier alpha value is -1.33. The molecule has 1 fully saturated rings. The summed E-state index contributed by atoms with van der Waals surface area (Å²) in [5.41, 5.74) is 0.934. The molecule has 0 unspecified atom stereocenters. The number of quaternary nitrogens is 1. The number of nitro benzene ring substituents is 1. The molecule has 92 valence electrons. The van der Waals surface area contributed by atoms with Gasteiger partial charge in [0.1, 0.15) is 0 Å². The van der Waals surface area contributed by atoms with E-state index in [1.807, 2.05) is 0 Å². The first-order valence-corrected chi connectivity index (χ1v) is 5.96. The van der Waals surface area contributed by atoms with Crippen LogP contribution < -0.4 is 9.80 Å². The summed E-state index contributed by atoms with van der Waals surface area (Å²) in [6.45, 7) is 3.99. The van der Waals surface area contributed by atoms with Gasteiger partial charge in [-0.05, 0) is 6.07 Å². The lowest BCUT2D eigenvalue weighted by Crippen LogP contribution is -3.12. The fourth-order valence-electron chi connectivity index (χ4n) is 2.00. The highest BCUT2D eigenvalue weighted by Gasteiger charge is 2.20. The molecule has 17 heavy (non-hydrogen) atoms. The molecule has 1 aromatic carbocycles. The quantitative estimate of drug-likeness (QED) is 0.622. The van der Waals surface area contributed by atoms with Crippen molar-refractivity contribution < 1.29 is 9.82 Å². The molecular weight excluding hydrogens is 242 g/mol. The molecule has 2 rings (SSSR count). The number of rotatable bonds is 2. The van der Waals surface area contributed by atoms with Gasteiger partial charge >= 0.3 is 0 Å². The minimum Gasteiger partial charge on any atom is -0.359 e. The van der Waals surface area contributed by atoms with Crippen molar-refractivity contribution in [3.05, 3.63) is 33.3 Å². The lowest BCUT2D eigenvalue weighted by Gasteiger charge is -2.32. The number of nitro groups is 1. The molecule has 0 aromatic heterocycles. The summed E-state index contributed by atoms with van der Waals surface area (Å²) in [4.78, 5) is 13.9. The van der Waals surface area contributed by atoms with Gasteiger partial charge in [0.2, 0.25) is 0 Å². The molecule has 0 aliphatic carbocycles. The van der Waals surface area contributed by atoms with E-state index in [9.17, 15) is 10.1 Å². The number of halogens is 1. The maximum absolute atomic E-state index is 10.6. The Balaban J connectivity index is 2.19. The number of nitrogens with one attached hydrogen (secondary N) is 1. The smallest absolute Gasteiger partial charge is 0.271 e. The van der Waals surface area contributed by atoms with E-state index in [2.05, 4.69) is 11.9 Å². The fraction of sp³-hybridized carbons (Fsp3) is 0.455. The molecule has 1 aromatic rings. The summed E-state index contributed by atoms with van der Waals surface area (Å²) in [5, 5.41) is 11.1. The van der Waals surface area contributed by atoms with Gasteiger partial charge in [0.25, 0.3) is 5.69 Å². The zero-order valence-electron chi connectivity index (χ0n) is 9.65. The molecule has 1 aliphatic rings. The van der Waals surface area contributed by atoms with Crippen molar-refractivity contribution in [1.29, 1.82) is 0 Å². The normalized spacial score (nSPS) is 17.2. The molecule has 0 atom stereocenters. The molecule has 1 aliphatic heterocycles. The second kappa shape index (κ2) is 4.89. The summed E-state index contributed by atoms with van der Waals surface area (Å²) in [6.07, 6.45) is 0. The van der Waals surface area contributed by atoms with Crippen LogP contribution >= 0.6 is 11.6 Å². The fourth-order valence-corrected chi connectivity index (χ4v) is 2.29. The third-order valence-corrected chi connectivity index (χ3v) is 3.40. The third-order valence-electron chi connectivity index (χ3n) is 3.10.